The summed E-state index contributed by atoms with van der Waals surface area (Å²) in [5.41, 5.74) is -1.50. The molecule has 0 bridgehead atoms. The third-order valence-electron chi connectivity index (χ3n) is 5.57. The summed E-state index contributed by atoms with van der Waals surface area (Å²) in [4.78, 5) is 34.3. The fourth-order valence-corrected chi connectivity index (χ4v) is 3.75. The van der Waals surface area contributed by atoms with E-state index in [0.29, 0.717) is 23.5 Å². The normalized spacial score (nSPS) is 13.1. The highest BCUT2D eigenvalue weighted by atomic mass is 19.4. The minimum atomic E-state index is -4.64. The second kappa shape index (κ2) is 9.05. The molecule has 2 heterocycles. The molecular weight excluding hydrogens is 449 g/mol. The van der Waals surface area contributed by atoms with Crippen LogP contribution in [0.1, 0.15) is 30.0 Å². The summed E-state index contributed by atoms with van der Waals surface area (Å²) in [7, 11) is 0. The Morgan fingerprint density at radius 3 is 2.65 bits per heavy atom. The maximum absolute atomic E-state index is 13.1. The minimum Gasteiger partial charge on any atom is -0.493 e. The van der Waals surface area contributed by atoms with Gasteiger partial charge in [-0.1, -0.05) is 31.2 Å². The Kier molecular flexibility index (Phi) is 6.14. The topological polar surface area (TPSA) is 103 Å². The molecule has 1 unspecified atom stereocenters. The number of alkyl halides is 3. The van der Waals surface area contributed by atoms with Gasteiger partial charge in [0.25, 0.3) is 5.56 Å². The van der Waals surface area contributed by atoms with Gasteiger partial charge in [-0.25, -0.2) is 9.36 Å². The molecule has 0 amide bonds. The van der Waals surface area contributed by atoms with Crippen LogP contribution in [0.15, 0.2) is 69.3 Å². The number of hydrogen-bond donors (Lipinski definition) is 3. The van der Waals surface area contributed by atoms with Crippen LogP contribution in [0.25, 0.3) is 16.6 Å². The highest BCUT2D eigenvalue weighted by Crippen LogP contribution is 2.30. The quantitative estimate of drug-likeness (QED) is 0.369. The zero-order valence-corrected chi connectivity index (χ0v) is 18.1. The number of fused-ring (bicyclic) bond motifs is 1. The van der Waals surface area contributed by atoms with Crippen LogP contribution in [0, 0.1) is 0 Å². The average Bonchev–Trinajstić information content (AvgIpc) is 3.20. The molecule has 176 valence electrons. The third kappa shape index (κ3) is 4.52. The Balaban J connectivity index is 1.69. The molecule has 3 N–H and O–H groups in total. The first kappa shape index (κ1) is 23.1. The van der Waals surface area contributed by atoms with Gasteiger partial charge < -0.3 is 10.1 Å². The minimum absolute atomic E-state index is 0.242. The number of para-hydroxylation sites is 1. The van der Waals surface area contributed by atoms with Crippen LogP contribution in [0.3, 0.4) is 0 Å². The summed E-state index contributed by atoms with van der Waals surface area (Å²) >= 11 is 0. The molecule has 0 saturated heterocycles. The van der Waals surface area contributed by atoms with E-state index in [1.54, 1.807) is 0 Å². The van der Waals surface area contributed by atoms with Gasteiger partial charge in [-0.15, -0.1) is 0 Å². The zero-order chi connectivity index (χ0) is 24.5. The lowest BCUT2D eigenvalue weighted by molar-refractivity contribution is -0.137. The van der Waals surface area contributed by atoms with Crippen LogP contribution < -0.4 is 11.2 Å². The average molecular weight is 470 g/mol. The molecule has 0 radical (unpaired) electrons. The SMILES string of the molecule is CCC(Cc1c[nH]c2ccccc12)N=Cc1c(O)n(-c2cccc(C(F)(F)F)c2)c(=O)[nH]c1=O. The fraction of sp³-hybridized carbons (Fsp3) is 0.208. The van der Waals surface area contributed by atoms with Gasteiger partial charge in [-0.2, -0.15) is 13.2 Å². The van der Waals surface area contributed by atoms with Crippen molar-refractivity contribution in [3.8, 4) is 11.6 Å². The molecule has 10 heteroatoms. The largest absolute Gasteiger partial charge is 0.493 e. The molecule has 0 aliphatic rings. The van der Waals surface area contributed by atoms with Crippen LogP contribution in [0.2, 0.25) is 0 Å². The molecule has 0 aliphatic heterocycles. The van der Waals surface area contributed by atoms with E-state index in [1.165, 1.54) is 6.07 Å². The van der Waals surface area contributed by atoms with Crippen LogP contribution in [0.4, 0.5) is 13.2 Å². The van der Waals surface area contributed by atoms with Crippen molar-refractivity contribution < 1.29 is 18.3 Å². The highest BCUT2D eigenvalue weighted by molar-refractivity contribution is 5.84. The van der Waals surface area contributed by atoms with E-state index < -0.39 is 28.9 Å². The Bertz CT molecular complexity index is 1480. The van der Waals surface area contributed by atoms with Crippen molar-refractivity contribution in [3.63, 3.8) is 0 Å². The summed E-state index contributed by atoms with van der Waals surface area (Å²) in [6.07, 6.45) is -0.412. The molecule has 2 aromatic carbocycles. The van der Waals surface area contributed by atoms with Crippen molar-refractivity contribution in [2.75, 3.05) is 0 Å². The summed E-state index contributed by atoms with van der Waals surface area (Å²) < 4.78 is 39.9. The summed E-state index contributed by atoms with van der Waals surface area (Å²) in [5.74, 6) is -0.793. The van der Waals surface area contributed by atoms with Gasteiger partial charge in [0.2, 0.25) is 5.88 Å². The van der Waals surface area contributed by atoms with Gasteiger partial charge in [-0.3, -0.25) is 14.8 Å². The maximum Gasteiger partial charge on any atom is 0.416 e. The van der Waals surface area contributed by atoms with E-state index in [1.807, 2.05) is 42.4 Å². The van der Waals surface area contributed by atoms with E-state index in [4.69, 9.17) is 0 Å². The van der Waals surface area contributed by atoms with Crippen LogP contribution in [-0.4, -0.2) is 31.9 Å². The summed E-state index contributed by atoms with van der Waals surface area (Å²) in [6, 6.07) is 11.4. The number of aromatic nitrogens is 3. The highest BCUT2D eigenvalue weighted by Gasteiger charge is 2.31. The molecule has 0 aliphatic carbocycles. The van der Waals surface area contributed by atoms with Gasteiger partial charge in [0, 0.05) is 23.3 Å². The first-order chi connectivity index (χ1) is 16.2. The number of hydrogen-bond acceptors (Lipinski definition) is 4. The van der Waals surface area contributed by atoms with E-state index in [0.717, 1.165) is 34.8 Å². The number of nitrogens with one attached hydrogen (secondary N) is 2. The van der Waals surface area contributed by atoms with Crippen LogP contribution >= 0.6 is 0 Å². The number of rotatable bonds is 6. The number of halogens is 3. The van der Waals surface area contributed by atoms with Crippen molar-refractivity contribution in [2.45, 2.75) is 32.0 Å². The number of aromatic amines is 2. The Hall–Kier alpha value is -4.08. The number of benzene rings is 2. The van der Waals surface area contributed by atoms with Gasteiger partial charge in [0.15, 0.2) is 0 Å². The van der Waals surface area contributed by atoms with Crippen molar-refractivity contribution in [2.24, 2.45) is 4.99 Å². The molecule has 0 spiro atoms. The van der Waals surface area contributed by atoms with Crippen molar-refractivity contribution >= 4 is 17.1 Å². The van der Waals surface area contributed by atoms with E-state index in [2.05, 4.69) is 9.98 Å². The lowest BCUT2D eigenvalue weighted by atomic mass is 10.0. The molecule has 4 rings (SSSR count). The number of H-pyrrole nitrogens is 2. The van der Waals surface area contributed by atoms with Crippen LogP contribution in [0.5, 0.6) is 5.88 Å². The molecule has 4 aromatic rings. The smallest absolute Gasteiger partial charge is 0.416 e. The molecular formula is C24H21F3N4O3. The maximum atomic E-state index is 13.1. The van der Waals surface area contributed by atoms with Gasteiger partial charge in [-0.05, 0) is 42.7 Å². The predicted molar refractivity (Wildman–Crippen MR) is 123 cm³/mol. The standard InChI is InChI=1S/C24H21F3N4O3/c1-2-16(10-14-12-29-20-9-4-3-8-18(14)20)28-13-19-21(32)30-23(34)31(22(19)33)17-7-5-6-15(11-17)24(25,26)27/h3-9,11-13,16,29,33H,2,10H2,1H3,(H,30,32,34). The fourth-order valence-electron chi connectivity index (χ4n) is 3.75. The zero-order valence-electron chi connectivity index (χ0n) is 18.1. The first-order valence-electron chi connectivity index (χ1n) is 10.5. The summed E-state index contributed by atoms with van der Waals surface area (Å²) in [6.45, 7) is 1.92. The van der Waals surface area contributed by atoms with Crippen molar-refractivity contribution in [1.82, 2.24) is 14.5 Å². The van der Waals surface area contributed by atoms with E-state index >= 15 is 0 Å². The number of aromatic hydroxyl groups is 1. The van der Waals surface area contributed by atoms with Gasteiger partial charge >= 0.3 is 11.9 Å². The third-order valence-corrected chi connectivity index (χ3v) is 5.57. The number of nitrogens with zero attached hydrogens (tertiary/aromatic N) is 2. The molecule has 0 fully saturated rings. The van der Waals surface area contributed by atoms with Gasteiger partial charge in [0.1, 0.15) is 5.56 Å². The second-order valence-corrected chi connectivity index (χ2v) is 7.78. The molecule has 2 aromatic heterocycles. The van der Waals surface area contributed by atoms with E-state index in [9.17, 15) is 27.9 Å². The van der Waals surface area contributed by atoms with Crippen molar-refractivity contribution in [3.05, 3.63) is 92.3 Å². The first-order valence-corrected chi connectivity index (χ1v) is 10.5. The molecule has 7 nitrogen and oxygen atoms in total. The van der Waals surface area contributed by atoms with Crippen molar-refractivity contribution in [1.29, 1.82) is 0 Å². The number of aliphatic imine (C=N–C) groups is 1. The second-order valence-electron chi connectivity index (χ2n) is 7.78. The monoisotopic (exact) mass is 470 g/mol. The summed E-state index contributed by atoms with van der Waals surface area (Å²) in [5, 5.41) is 11.7. The molecule has 1 atom stereocenters. The van der Waals surface area contributed by atoms with Crippen LogP contribution in [-0.2, 0) is 12.6 Å². The lowest BCUT2D eigenvalue weighted by Gasteiger charge is -2.13. The molecule has 0 saturated carbocycles. The molecule has 34 heavy (non-hydrogen) atoms. The van der Waals surface area contributed by atoms with E-state index in [-0.39, 0.29) is 17.3 Å². The Morgan fingerprint density at radius 1 is 1.15 bits per heavy atom. The Labute approximate surface area is 191 Å². The van der Waals surface area contributed by atoms with Gasteiger partial charge in [0.05, 0.1) is 17.3 Å². The Morgan fingerprint density at radius 2 is 1.91 bits per heavy atom. The lowest BCUT2D eigenvalue weighted by Crippen LogP contribution is -2.31. The predicted octanol–water partition coefficient (Wildman–Crippen LogP) is 4.17.